The van der Waals surface area contributed by atoms with Crippen LogP contribution in [0.15, 0.2) is 0 Å². The molecule has 0 bridgehead atoms. The lowest BCUT2D eigenvalue weighted by Gasteiger charge is -2.42. The van der Waals surface area contributed by atoms with Gasteiger partial charge in [0.25, 0.3) is 5.44 Å². The second-order valence-corrected chi connectivity index (χ2v) is 5.34. The maximum Gasteiger partial charge on any atom is 0.462 e. The third kappa shape index (κ3) is 2.60. The van der Waals surface area contributed by atoms with E-state index < -0.39 is 45.8 Å². The molecule has 1 saturated heterocycles. The van der Waals surface area contributed by atoms with Crippen LogP contribution in [-0.4, -0.2) is 44.1 Å². The van der Waals surface area contributed by atoms with Crippen molar-refractivity contribution in [3.8, 4) is 0 Å². The van der Waals surface area contributed by atoms with E-state index in [4.69, 9.17) is 0 Å². The molecule has 0 aliphatic carbocycles. The van der Waals surface area contributed by atoms with Crippen molar-refractivity contribution in [2.45, 2.75) is 35.7 Å². The van der Waals surface area contributed by atoms with E-state index in [-0.39, 0.29) is 0 Å². The number of rotatable bonds is 3. The third-order valence-corrected chi connectivity index (χ3v) is 3.56. The highest BCUT2D eigenvalue weighted by Gasteiger charge is 2.83. The molecule has 1 fully saturated rings. The monoisotopic (exact) mass is 378 g/mol. The molecule has 4 nitrogen and oxygen atoms in total. The van der Waals surface area contributed by atoms with E-state index >= 15 is 0 Å². The second kappa shape index (κ2) is 4.56. The van der Waals surface area contributed by atoms with E-state index in [2.05, 4.69) is 8.92 Å². The molecule has 2 unspecified atom stereocenters. The van der Waals surface area contributed by atoms with Gasteiger partial charge < -0.3 is 0 Å². The highest BCUT2D eigenvalue weighted by molar-refractivity contribution is 7.88. The molecule has 0 N–H and O–H groups in total. The van der Waals surface area contributed by atoms with Gasteiger partial charge in [-0.15, -0.1) is 0 Å². The zero-order valence-electron chi connectivity index (χ0n) is 9.28. The van der Waals surface area contributed by atoms with Crippen molar-refractivity contribution >= 4 is 10.1 Å². The van der Waals surface area contributed by atoms with Crippen LogP contribution in [0, 0.1) is 0 Å². The van der Waals surface area contributed by atoms with E-state index in [0.717, 1.165) is 0 Å². The van der Waals surface area contributed by atoms with Gasteiger partial charge in [0.1, 0.15) is 0 Å². The van der Waals surface area contributed by atoms with Crippen molar-refractivity contribution < 1.29 is 65.6 Å². The Labute approximate surface area is 112 Å². The molecule has 0 aromatic carbocycles. The van der Waals surface area contributed by atoms with E-state index in [0.29, 0.717) is 0 Å². The average molecular weight is 378 g/mol. The van der Waals surface area contributed by atoms with E-state index in [9.17, 15) is 56.7 Å². The minimum Gasteiger partial charge on any atom is -0.286 e. The number of alkyl halides is 11. The third-order valence-electron chi connectivity index (χ3n) is 2.17. The fourth-order valence-electron chi connectivity index (χ4n) is 1.08. The molecule has 0 aromatic heterocycles. The minimum atomic E-state index is -7.10. The molecular formula is C6HF11O4S. The standard InChI is InChI=1S/C6HF11O4S/c7-2(4(10,11)12)1(22(18,19)21-2)20-6(16,17)3(8,9)5(13,14)15/h1H. The van der Waals surface area contributed by atoms with E-state index in [1.165, 1.54) is 0 Å². The van der Waals surface area contributed by atoms with Crippen LogP contribution in [0.4, 0.5) is 48.3 Å². The molecule has 16 heteroatoms. The van der Waals surface area contributed by atoms with Crippen molar-refractivity contribution in [2.75, 3.05) is 0 Å². The van der Waals surface area contributed by atoms with Crippen molar-refractivity contribution in [3.05, 3.63) is 0 Å². The van der Waals surface area contributed by atoms with Gasteiger partial charge in [-0.25, -0.2) is 4.18 Å². The lowest BCUT2D eigenvalue weighted by atomic mass is 10.3. The molecule has 1 heterocycles. The van der Waals surface area contributed by atoms with Gasteiger partial charge in [0.2, 0.25) is 0 Å². The summed E-state index contributed by atoms with van der Waals surface area (Å²) >= 11 is 0. The Balaban J connectivity index is 3.21. The molecule has 22 heavy (non-hydrogen) atoms. The summed E-state index contributed by atoms with van der Waals surface area (Å²) in [7, 11) is -5.95. The van der Waals surface area contributed by atoms with Gasteiger partial charge in [0.05, 0.1) is 0 Å². The Hall–Kier alpha value is -0.900. The molecule has 1 aliphatic rings. The molecule has 1 aliphatic heterocycles. The van der Waals surface area contributed by atoms with Gasteiger partial charge in [0, 0.05) is 0 Å². The summed E-state index contributed by atoms with van der Waals surface area (Å²) in [6.45, 7) is 0. The van der Waals surface area contributed by atoms with Crippen LogP contribution >= 0.6 is 0 Å². The maximum absolute atomic E-state index is 13.1. The summed E-state index contributed by atoms with van der Waals surface area (Å²) in [5.74, 6) is -12.6. The predicted molar refractivity (Wildman–Crippen MR) is 40.7 cm³/mol. The molecule has 1 rings (SSSR count). The quantitative estimate of drug-likeness (QED) is 0.560. The fourth-order valence-corrected chi connectivity index (χ4v) is 2.34. The SMILES string of the molecule is O=S1(=O)OC(F)(C(F)(F)F)C1OC(F)(F)C(F)(F)C(F)(F)F. The lowest BCUT2D eigenvalue weighted by Crippen LogP contribution is -2.70. The number of halogens is 11. The molecule has 0 amide bonds. The number of ether oxygens (including phenoxy) is 1. The molecule has 0 saturated carbocycles. The summed E-state index contributed by atoms with van der Waals surface area (Å²) in [5.41, 5.74) is -4.47. The first-order valence-corrected chi connectivity index (χ1v) is 5.97. The fraction of sp³-hybridized carbons (Fsp3) is 1.00. The Morgan fingerprint density at radius 2 is 1.32 bits per heavy atom. The van der Waals surface area contributed by atoms with Gasteiger partial charge in [-0.1, -0.05) is 0 Å². The van der Waals surface area contributed by atoms with Gasteiger partial charge in [0.15, 0.2) is 0 Å². The summed E-state index contributed by atoms with van der Waals surface area (Å²) < 4.78 is 161. The van der Waals surface area contributed by atoms with Crippen LogP contribution < -0.4 is 0 Å². The van der Waals surface area contributed by atoms with E-state index in [1.54, 1.807) is 0 Å². The minimum absolute atomic E-state index is 2.31. The topological polar surface area (TPSA) is 52.6 Å². The van der Waals surface area contributed by atoms with Crippen LogP contribution in [0.2, 0.25) is 0 Å². The maximum atomic E-state index is 13.1. The first-order chi connectivity index (χ1) is 9.30. The van der Waals surface area contributed by atoms with Gasteiger partial charge in [-0.2, -0.15) is 56.7 Å². The summed E-state index contributed by atoms with van der Waals surface area (Å²) in [6.07, 6.45) is -20.2. The van der Waals surface area contributed by atoms with Gasteiger partial charge in [-0.05, 0) is 0 Å². The van der Waals surface area contributed by atoms with Crippen LogP contribution in [0.25, 0.3) is 0 Å². The molecule has 0 spiro atoms. The van der Waals surface area contributed by atoms with Crippen LogP contribution in [0.1, 0.15) is 0 Å². The van der Waals surface area contributed by atoms with Crippen LogP contribution in [-0.2, 0) is 19.0 Å². The number of hydrogen-bond acceptors (Lipinski definition) is 4. The molecular weight excluding hydrogens is 377 g/mol. The Bertz CT molecular complexity index is 548. The van der Waals surface area contributed by atoms with Crippen molar-refractivity contribution in [1.82, 2.24) is 0 Å². The zero-order chi connectivity index (χ0) is 18.0. The van der Waals surface area contributed by atoms with Crippen LogP contribution in [0.5, 0.6) is 0 Å². The largest absolute Gasteiger partial charge is 0.462 e. The van der Waals surface area contributed by atoms with Crippen LogP contribution in [0.3, 0.4) is 0 Å². The van der Waals surface area contributed by atoms with Gasteiger partial charge in [-0.3, -0.25) is 4.74 Å². The normalized spacial score (nSPS) is 30.0. The highest BCUT2D eigenvalue weighted by Crippen LogP contribution is 2.54. The summed E-state index contributed by atoms with van der Waals surface area (Å²) in [5, 5.41) is 0. The van der Waals surface area contributed by atoms with Crippen molar-refractivity contribution in [2.24, 2.45) is 0 Å². The van der Waals surface area contributed by atoms with Crippen molar-refractivity contribution in [3.63, 3.8) is 0 Å². The lowest BCUT2D eigenvalue weighted by molar-refractivity contribution is -0.451. The summed E-state index contributed by atoms with van der Waals surface area (Å²) in [4.78, 5) is 0. The second-order valence-electron chi connectivity index (χ2n) is 3.76. The highest BCUT2D eigenvalue weighted by atomic mass is 32.2. The predicted octanol–water partition coefficient (Wildman–Crippen LogP) is 2.71. The molecule has 0 aromatic rings. The zero-order valence-corrected chi connectivity index (χ0v) is 10.1. The number of hydrogen-bond donors (Lipinski definition) is 0. The Kier molecular flexibility index (Phi) is 3.97. The van der Waals surface area contributed by atoms with Gasteiger partial charge >= 0.3 is 40.4 Å². The first kappa shape index (κ1) is 19.1. The Morgan fingerprint density at radius 3 is 1.59 bits per heavy atom. The molecule has 0 radical (unpaired) electrons. The Morgan fingerprint density at radius 1 is 0.909 bits per heavy atom. The van der Waals surface area contributed by atoms with E-state index in [1.807, 2.05) is 0 Å². The summed E-state index contributed by atoms with van der Waals surface area (Å²) in [6, 6.07) is 0. The smallest absolute Gasteiger partial charge is 0.286 e. The molecule has 132 valence electrons. The average Bonchev–Trinajstić information content (AvgIpc) is 2.22. The first-order valence-electron chi connectivity index (χ1n) is 4.50. The molecule has 2 atom stereocenters. The van der Waals surface area contributed by atoms with Crippen molar-refractivity contribution in [1.29, 1.82) is 0 Å².